The van der Waals surface area contributed by atoms with Crippen LogP contribution in [-0.2, 0) is 6.42 Å². The summed E-state index contributed by atoms with van der Waals surface area (Å²) in [7, 11) is 1.46. The van der Waals surface area contributed by atoms with Gasteiger partial charge in [0, 0.05) is 36.5 Å². The number of anilines is 2. The SMILES string of the molecule is COc1c(N2CCC(Cc3nc(N)cs3)C2)c(F)c(C)c2c(=O)[nH]c(=O)n(C3CC3)c12. The first-order chi connectivity index (χ1) is 14.9. The van der Waals surface area contributed by atoms with Crippen molar-refractivity contribution >= 4 is 33.7 Å². The zero-order valence-electron chi connectivity index (χ0n) is 17.4. The molecule has 1 saturated heterocycles. The van der Waals surface area contributed by atoms with Crippen LogP contribution in [0, 0.1) is 18.7 Å². The molecule has 0 bridgehead atoms. The maximum Gasteiger partial charge on any atom is 0.329 e. The van der Waals surface area contributed by atoms with E-state index in [4.69, 9.17) is 10.5 Å². The van der Waals surface area contributed by atoms with Crippen LogP contribution in [-0.4, -0.2) is 34.7 Å². The molecule has 1 aliphatic carbocycles. The van der Waals surface area contributed by atoms with Crippen LogP contribution in [0.15, 0.2) is 15.0 Å². The summed E-state index contributed by atoms with van der Waals surface area (Å²) in [4.78, 5) is 33.9. The molecule has 164 valence electrons. The smallest absolute Gasteiger partial charge is 0.329 e. The number of methoxy groups -OCH3 is 1. The fraction of sp³-hybridized carbons (Fsp3) is 0.476. The van der Waals surface area contributed by atoms with Gasteiger partial charge in [-0.3, -0.25) is 14.3 Å². The van der Waals surface area contributed by atoms with Gasteiger partial charge in [-0.05, 0) is 32.1 Å². The lowest BCUT2D eigenvalue weighted by Crippen LogP contribution is -2.32. The highest BCUT2D eigenvalue weighted by atomic mass is 32.1. The summed E-state index contributed by atoms with van der Waals surface area (Å²) in [5.41, 5.74) is 5.63. The molecule has 3 aromatic rings. The Labute approximate surface area is 181 Å². The molecule has 1 aromatic carbocycles. The van der Waals surface area contributed by atoms with E-state index < -0.39 is 17.1 Å². The third kappa shape index (κ3) is 3.29. The van der Waals surface area contributed by atoms with Crippen LogP contribution in [0.25, 0.3) is 10.9 Å². The van der Waals surface area contributed by atoms with Crippen molar-refractivity contribution in [3.05, 3.63) is 42.6 Å². The maximum atomic E-state index is 15.6. The lowest BCUT2D eigenvalue weighted by atomic mass is 10.0. The minimum absolute atomic E-state index is 0.000138. The summed E-state index contributed by atoms with van der Waals surface area (Å²) in [5, 5.41) is 2.98. The number of rotatable bonds is 5. The summed E-state index contributed by atoms with van der Waals surface area (Å²) in [6.07, 6.45) is 3.35. The number of halogens is 1. The average molecular weight is 446 g/mol. The van der Waals surface area contributed by atoms with Gasteiger partial charge in [0.25, 0.3) is 5.56 Å². The second-order valence-electron chi connectivity index (χ2n) is 8.38. The molecule has 1 atom stereocenters. The molecule has 0 radical (unpaired) electrons. The van der Waals surface area contributed by atoms with E-state index in [0.717, 1.165) is 30.7 Å². The van der Waals surface area contributed by atoms with Gasteiger partial charge in [-0.1, -0.05) is 0 Å². The summed E-state index contributed by atoms with van der Waals surface area (Å²) < 4.78 is 22.9. The van der Waals surface area contributed by atoms with E-state index in [1.165, 1.54) is 18.4 Å². The van der Waals surface area contributed by atoms with Gasteiger partial charge in [0.2, 0.25) is 0 Å². The molecule has 0 amide bonds. The number of benzene rings is 1. The van der Waals surface area contributed by atoms with E-state index in [1.54, 1.807) is 11.5 Å². The Morgan fingerprint density at radius 2 is 2.13 bits per heavy atom. The van der Waals surface area contributed by atoms with Crippen molar-refractivity contribution in [2.45, 2.75) is 38.6 Å². The number of hydrogen-bond donors (Lipinski definition) is 2. The number of ether oxygens (including phenoxy) is 1. The number of aromatic amines is 1. The first kappa shape index (κ1) is 20.0. The van der Waals surface area contributed by atoms with Crippen molar-refractivity contribution in [2.75, 3.05) is 30.8 Å². The van der Waals surface area contributed by atoms with Crippen molar-refractivity contribution in [1.82, 2.24) is 14.5 Å². The molecular weight excluding hydrogens is 421 g/mol. The highest BCUT2D eigenvalue weighted by Crippen LogP contribution is 2.45. The fourth-order valence-corrected chi connectivity index (χ4v) is 5.44. The molecule has 0 spiro atoms. The van der Waals surface area contributed by atoms with Gasteiger partial charge in [-0.2, -0.15) is 0 Å². The predicted octanol–water partition coefficient (Wildman–Crippen LogP) is 2.59. The van der Waals surface area contributed by atoms with Crippen LogP contribution >= 0.6 is 11.3 Å². The maximum absolute atomic E-state index is 15.6. The van der Waals surface area contributed by atoms with Gasteiger partial charge in [-0.25, -0.2) is 14.2 Å². The quantitative estimate of drug-likeness (QED) is 0.625. The first-order valence-corrected chi connectivity index (χ1v) is 11.3. The summed E-state index contributed by atoms with van der Waals surface area (Å²) in [6.45, 7) is 2.87. The number of nitrogens with two attached hydrogens (primary N) is 1. The Morgan fingerprint density at radius 1 is 1.35 bits per heavy atom. The molecule has 2 fully saturated rings. The van der Waals surface area contributed by atoms with Crippen LogP contribution in [0.5, 0.6) is 5.75 Å². The van der Waals surface area contributed by atoms with Gasteiger partial charge >= 0.3 is 5.69 Å². The lowest BCUT2D eigenvalue weighted by molar-refractivity contribution is 0.412. The number of hydrogen-bond acceptors (Lipinski definition) is 7. The molecule has 1 saturated carbocycles. The van der Waals surface area contributed by atoms with Crippen molar-refractivity contribution in [2.24, 2.45) is 5.92 Å². The molecule has 3 N–H and O–H groups in total. The third-order valence-electron chi connectivity index (χ3n) is 6.24. The molecule has 10 heteroatoms. The number of aryl methyl sites for hydroxylation is 1. The first-order valence-electron chi connectivity index (χ1n) is 10.4. The summed E-state index contributed by atoms with van der Waals surface area (Å²) in [6, 6.07) is 0.000138. The predicted molar refractivity (Wildman–Crippen MR) is 119 cm³/mol. The van der Waals surface area contributed by atoms with Gasteiger partial charge in [0.05, 0.1) is 17.5 Å². The second kappa shape index (κ2) is 7.37. The summed E-state index contributed by atoms with van der Waals surface area (Å²) >= 11 is 1.53. The highest BCUT2D eigenvalue weighted by Gasteiger charge is 2.34. The van der Waals surface area contributed by atoms with Crippen molar-refractivity contribution in [3.63, 3.8) is 0 Å². The topological polar surface area (TPSA) is 106 Å². The Bertz CT molecular complexity index is 1290. The van der Waals surface area contributed by atoms with Crippen LogP contribution in [0.1, 0.15) is 35.9 Å². The molecule has 31 heavy (non-hydrogen) atoms. The standard InChI is InChI=1S/C21H24FN5O3S/c1-10-15-17(27(12-3-4-12)21(29)25-20(15)28)19(30-2)18(16(10)22)26-6-5-11(8-26)7-14-24-13(23)9-31-14/h9,11-12H,3-8,23H2,1-2H3,(H,25,28,29). The number of thiazole rings is 1. The fourth-order valence-electron chi connectivity index (χ4n) is 4.64. The van der Waals surface area contributed by atoms with E-state index in [1.807, 2.05) is 10.3 Å². The zero-order chi connectivity index (χ0) is 21.9. The third-order valence-corrected chi connectivity index (χ3v) is 7.13. The van der Waals surface area contributed by atoms with Crippen LogP contribution in [0.4, 0.5) is 15.9 Å². The van der Waals surface area contributed by atoms with E-state index >= 15 is 4.39 Å². The van der Waals surface area contributed by atoms with Crippen LogP contribution in [0.2, 0.25) is 0 Å². The molecule has 2 aliphatic rings. The molecule has 1 aliphatic heterocycles. The second-order valence-corrected chi connectivity index (χ2v) is 9.32. The van der Waals surface area contributed by atoms with Gasteiger partial charge in [0.15, 0.2) is 11.6 Å². The zero-order valence-corrected chi connectivity index (χ0v) is 18.2. The summed E-state index contributed by atoms with van der Waals surface area (Å²) in [5.74, 6) is 0.605. The van der Waals surface area contributed by atoms with Crippen LogP contribution in [0.3, 0.4) is 0 Å². The molecule has 5 rings (SSSR count). The van der Waals surface area contributed by atoms with Gasteiger partial charge in [0.1, 0.15) is 17.0 Å². The Morgan fingerprint density at radius 3 is 2.77 bits per heavy atom. The number of nitrogen functional groups attached to an aromatic ring is 1. The normalized spacial score (nSPS) is 18.8. The Hall–Kier alpha value is -2.88. The van der Waals surface area contributed by atoms with E-state index in [-0.39, 0.29) is 22.7 Å². The van der Waals surface area contributed by atoms with E-state index in [2.05, 4.69) is 9.97 Å². The average Bonchev–Trinajstić information content (AvgIpc) is 3.32. The molecule has 2 aromatic heterocycles. The Balaban J connectivity index is 1.62. The minimum Gasteiger partial charge on any atom is -0.492 e. The highest BCUT2D eigenvalue weighted by molar-refractivity contribution is 7.10. The van der Waals surface area contributed by atoms with E-state index in [0.29, 0.717) is 36.0 Å². The number of fused-ring (bicyclic) bond motifs is 1. The molecule has 3 heterocycles. The van der Waals surface area contributed by atoms with Gasteiger partial charge in [-0.15, -0.1) is 11.3 Å². The molecule has 8 nitrogen and oxygen atoms in total. The number of aromatic nitrogens is 3. The van der Waals surface area contributed by atoms with Crippen molar-refractivity contribution in [1.29, 1.82) is 0 Å². The van der Waals surface area contributed by atoms with Gasteiger partial charge < -0.3 is 15.4 Å². The minimum atomic E-state index is -0.584. The molecular formula is C21H24FN5O3S. The lowest BCUT2D eigenvalue weighted by Gasteiger charge is -2.25. The largest absolute Gasteiger partial charge is 0.492 e. The number of H-pyrrole nitrogens is 1. The van der Waals surface area contributed by atoms with Crippen molar-refractivity contribution < 1.29 is 9.13 Å². The van der Waals surface area contributed by atoms with Crippen LogP contribution < -0.4 is 26.6 Å². The number of nitrogens with one attached hydrogen (secondary N) is 1. The van der Waals surface area contributed by atoms with E-state index in [9.17, 15) is 9.59 Å². The molecule has 1 unspecified atom stereocenters. The monoisotopic (exact) mass is 445 g/mol. The Kier molecular flexibility index (Phi) is 4.76. The number of nitrogens with zero attached hydrogens (tertiary/aromatic N) is 3. The van der Waals surface area contributed by atoms with Crippen molar-refractivity contribution in [3.8, 4) is 5.75 Å².